The van der Waals surface area contributed by atoms with E-state index >= 15 is 0 Å². The third-order valence-corrected chi connectivity index (χ3v) is 2.57. The molecule has 6 nitrogen and oxygen atoms in total. The highest BCUT2D eigenvalue weighted by molar-refractivity contribution is 5.68. The second-order valence-corrected chi connectivity index (χ2v) is 5.63. The monoisotopic (exact) mass is 271 g/mol. The normalized spacial score (nSPS) is 20.7. The molecule has 0 aromatic carbocycles. The molecule has 0 radical (unpaired) electrons. The number of carbonyl (C=O) groups is 1. The van der Waals surface area contributed by atoms with Crippen molar-refractivity contribution in [3.05, 3.63) is 0 Å². The Labute approximate surface area is 115 Å². The second-order valence-electron chi connectivity index (χ2n) is 5.63. The van der Waals surface area contributed by atoms with E-state index in [9.17, 15) is 4.79 Å². The zero-order valence-electron chi connectivity index (χ0n) is 12.5. The van der Waals surface area contributed by atoms with Gasteiger partial charge < -0.3 is 14.4 Å². The molecule has 0 unspecified atom stereocenters. The van der Waals surface area contributed by atoms with Crippen molar-refractivity contribution < 1.29 is 14.3 Å². The lowest BCUT2D eigenvalue weighted by molar-refractivity contribution is -0.0501. The standard InChI is InChI=1S/C13H25N3O3/c1-6-14-15(5)9-11-10-16(7-8-18-11)12(17)19-13(2,3)4/h6,11H,7-10H2,1-5H3/b14-6-/t11-/m1/s1. The number of hydrogen-bond donors (Lipinski definition) is 0. The number of ether oxygens (including phenoxy) is 2. The predicted molar refractivity (Wildman–Crippen MR) is 74.3 cm³/mol. The van der Waals surface area contributed by atoms with Gasteiger partial charge in [-0.05, 0) is 27.7 Å². The van der Waals surface area contributed by atoms with Crippen molar-refractivity contribution in [3.8, 4) is 0 Å². The minimum absolute atomic E-state index is 0.0324. The lowest BCUT2D eigenvalue weighted by Gasteiger charge is -2.35. The Kier molecular flexibility index (Phi) is 5.60. The molecule has 0 N–H and O–H groups in total. The molecule has 110 valence electrons. The van der Waals surface area contributed by atoms with Gasteiger partial charge in [-0.15, -0.1) is 0 Å². The summed E-state index contributed by atoms with van der Waals surface area (Å²) in [7, 11) is 1.88. The van der Waals surface area contributed by atoms with Crippen LogP contribution in [0.4, 0.5) is 4.79 Å². The molecule has 1 rings (SSSR count). The number of nitrogens with zero attached hydrogens (tertiary/aromatic N) is 3. The van der Waals surface area contributed by atoms with Crippen LogP contribution in [0.1, 0.15) is 27.7 Å². The van der Waals surface area contributed by atoms with Crippen LogP contribution in [0, 0.1) is 0 Å². The van der Waals surface area contributed by atoms with E-state index in [1.165, 1.54) is 0 Å². The molecule has 1 aliphatic heterocycles. The van der Waals surface area contributed by atoms with E-state index in [-0.39, 0.29) is 12.2 Å². The molecule has 0 aromatic heterocycles. The van der Waals surface area contributed by atoms with Crippen LogP contribution in [0.2, 0.25) is 0 Å². The zero-order chi connectivity index (χ0) is 14.5. The SMILES string of the molecule is C/C=N\N(C)C[C@@H]1CN(C(=O)OC(C)(C)C)CCO1. The van der Waals surface area contributed by atoms with E-state index in [0.717, 1.165) is 0 Å². The van der Waals surface area contributed by atoms with E-state index in [4.69, 9.17) is 9.47 Å². The van der Waals surface area contributed by atoms with Gasteiger partial charge in [0.25, 0.3) is 0 Å². The van der Waals surface area contributed by atoms with Gasteiger partial charge in [0.15, 0.2) is 0 Å². The van der Waals surface area contributed by atoms with Crippen LogP contribution in [-0.2, 0) is 9.47 Å². The summed E-state index contributed by atoms with van der Waals surface area (Å²) < 4.78 is 11.0. The molecule has 0 saturated carbocycles. The number of likely N-dealkylation sites (N-methyl/N-ethyl adjacent to an activating group) is 1. The summed E-state index contributed by atoms with van der Waals surface area (Å²) in [5.74, 6) is 0. The van der Waals surface area contributed by atoms with Crippen LogP contribution in [0.3, 0.4) is 0 Å². The molecule has 0 aromatic rings. The average molecular weight is 271 g/mol. The fraction of sp³-hybridized carbons (Fsp3) is 0.846. The molecule has 1 aliphatic rings. The van der Waals surface area contributed by atoms with Crippen LogP contribution in [-0.4, -0.2) is 67.2 Å². The topological polar surface area (TPSA) is 54.4 Å². The highest BCUT2D eigenvalue weighted by Gasteiger charge is 2.28. The number of hydrazone groups is 1. The van der Waals surface area contributed by atoms with Crippen molar-refractivity contribution >= 4 is 12.3 Å². The van der Waals surface area contributed by atoms with Crippen molar-refractivity contribution in [2.24, 2.45) is 5.10 Å². The van der Waals surface area contributed by atoms with Crippen LogP contribution < -0.4 is 0 Å². The van der Waals surface area contributed by atoms with Crippen LogP contribution in [0.5, 0.6) is 0 Å². The molecule has 1 saturated heterocycles. The summed E-state index contributed by atoms with van der Waals surface area (Å²) in [4.78, 5) is 13.7. The maximum absolute atomic E-state index is 12.0. The minimum Gasteiger partial charge on any atom is -0.444 e. The van der Waals surface area contributed by atoms with Crippen molar-refractivity contribution in [1.82, 2.24) is 9.91 Å². The van der Waals surface area contributed by atoms with E-state index in [1.807, 2.05) is 39.8 Å². The Balaban J connectivity index is 2.48. The molecule has 1 heterocycles. The number of carbonyl (C=O) groups excluding carboxylic acids is 1. The third kappa shape index (κ3) is 5.92. The average Bonchev–Trinajstić information content (AvgIpc) is 2.27. The Morgan fingerprint density at radius 2 is 2.26 bits per heavy atom. The Morgan fingerprint density at radius 3 is 2.84 bits per heavy atom. The van der Waals surface area contributed by atoms with Crippen molar-refractivity contribution in [1.29, 1.82) is 0 Å². The highest BCUT2D eigenvalue weighted by Crippen LogP contribution is 2.13. The Hall–Kier alpha value is -1.30. The van der Waals surface area contributed by atoms with Gasteiger partial charge >= 0.3 is 6.09 Å². The van der Waals surface area contributed by atoms with Crippen LogP contribution in [0.15, 0.2) is 5.10 Å². The number of amides is 1. The van der Waals surface area contributed by atoms with Gasteiger partial charge in [0.05, 0.1) is 25.8 Å². The number of rotatable bonds is 3. The third-order valence-electron chi connectivity index (χ3n) is 2.57. The van der Waals surface area contributed by atoms with Crippen molar-refractivity contribution in [2.45, 2.75) is 39.4 Å². The van der Waals surface area contributed by atoms with E-state index in [1.54, 1.807) is 11.1 Å². The smallest absolute Gasteiger partial charge is 0.410 e. The van der Waals surface area contributed by atoms with Gasteiger partial charge in [-0.1, -0.05) is 0 Å². The fourth-order valence-corrected chi connectivity index (χ4v) is 1.86. The highest BCUT2D eigenvalue weighted by atomic mass is 16.6. The Bertz CT molecular complexity index is 326. The summed E-state index contributed by atoms with van der Waals surface area (Å²) in [6, 6.07) is 0. The van der Waals surface area contributed by atoms with Gasteiger partial charge in [-0.3, -0.25) is 5.01 Å². The lowest BCUT2D eigenvalue weighted by atomic mass is 10.2. The summed E-state index contributed by atoms with van der Waals surface area (Å²) in [6.07, 6.45) is 1.42. The summed E-state index contributed by atoms with van der Waals surface area (Å²) >= 11 is 0. The first-order chi connectivity index (χ1) is 8.81. The number of hydrogen-bond acceptors (Lipinski definition) is 5. The molecule has 1 fully saturated rings. The molecule has 0 aliphatic carbocycles. The van der Waals surface area contributed by atoms with Crippen LogP contribution >= 0.6 is 0 Å². The molecule has 0 spiro atoms. The second kappa shape index (κ2) is 6.75. The summed E-state index contributed by atoms with van der Waals surface area (Å²) in [6.45, 7) is 9.78. The first kappa shape index (κ1) is 15.8. The molecular weight excluding hydrogens is 246 g/mol. The molecule has 6 heteroatoms. The summed E-state index contributed by atoms with van der Waals surface area (Å²) in [5.41, 5.74) is -0.464. The number of morpholine rings is 1. The van der Waals surface area contributed by atoms with Gasteiger partial charge in [0.2, 0.25) is 0 Å². The van der Waals surface area contributed by atoms with Gasteiger partial charge in [0.1, 0.15) is 5.60 Å². The van der Waals surface area contributed by atoms with Gasteiger partial charge in [0, 0.05) is 19.8 Å². The molecular formula is C13H25N3O3. The molecule has 0 bridgehead atoms. The first-order valence-electron chi connectivity index (χ1n) is 6.61. The van der Waals surface area contributed by atoms with Gasteiger partial charge in [-0.25, -0.2) is 4.79 Å². The zero-order valence-corrected chi connectivity index (χ0v) is 12.5. The lowest BCUT2D eigenvalue weighted by Crippen LogP contribution is -2.50. The van der Waals surface area contributed by atoms with E-state index < -0.39 is 5.60 Å². The fourth-order valence-electron chi connectivity index (χ4n) is 1.86. The van der Waals surface area contributed by atoms with Crippen LogP contribution in [0.25, 0.3) is 0 Å². The predicted octanol–water partition coefficient (Wildman–Crippen LogP) is 1.56. The molecule has 1 amide bonds. The summed E-state index contributed by atoms with van der Waals surface area (Å²) in [5, 5.41) is 5.95. The maximum atomic E-state index is 12.0. The molecule has 19 heavy (non-hydrogen) atoms. The van der Waals surface area contributed by atoms with Gasteiger partial charge in [-0.2, -0.15) is 5.10 Å². The van der Waals surface area contributed by atoms with E-state index in [0.29, 0.717) is 26.2 Å². The van der Waals surface area contributed by atoms with Crippen molar-refractivity contribution in [3.63, 3.8) is 0 Å². The quantitative estimate of drug-likeness (QED) is 0.577. The van der Waals surface area contributed by atoms with E-state index in [2.05, 4.69) is 5.10 Å². The molecule has 1 atom stereocenters. The largest absolute Gasteiger partial charge is 0.444 e. The van der Waals surface area contributed by atoms with Crippen molar-refractivity contribution in [2.75, 3.05) is 33.3 Å². The minimum atomic E-state index is -0.464. The Morgan fingerprint density at radius 1 is 1.58 bits per heavy atom. The first-order valence-corrected chi connectivity index (χ1v) is 6.61. The maximum Gasteiger partial charge on any atom is 0.410 e.